The highest BCUT2D eigenvalue weighted by Crippen LogP contribution is 2.36. The molecule has 0 fully saturated rings. The van der Waals surface area contributed by atoms with E-state index >= 15 is 0 Å². The Hall–Kier alpha value is -4.80. The maximum atomic E-state index is 4.77. The molecule has 3 aliphatic rings. The van der Waals surface area contributed by atoms with Crippen LogP contribution in [0.2, 0.25) is 0 Å². The van der Waals surface area contributed by atoms with Gasteiger partial charge in [-0.25, -0.2) is 0 Å². The van der Waals surface area contributed by atoms with Gasteiger partial charge in [-0.2, -0.15) is 0 Å². The highest BCUT2D eigenvalue weighted by atomic mass is 28.3. The third kappa shape index (κ3) is 4.32. The first-order valence-corrected chi connectivity index (χ1v) is 17.8. The van der Waals surface area contributed by atoms with Crippen molar-refractivity contribution in [1.82, 2.24) is 14.5 Å². The number of pyridine rings is 2. The summed E-state index contributed by atoms with van der Waals surface area (Å²) >= 11 is 0. The Morgan fingerprint density at radius 1 is 0.659 bits per heavy atom. The molecule has 3 aromatic heterocycles. The van der Waals surface area contributed by atoms with E-state index in [1.165, 1.54) is 54.2 Å². The second-order valence-electron chi connectivity index (χ2n) is 11.9. The molecular formula is C40H35N3Si. The molecule has 0 bridgehead atoms. The van der Waals surface area contributed by atoms with Gasteiger partial charge in [-0.05, 0) is 106 Å². The van der Waals surface area contributed by atoms with E-state index in [1.807, 2.05) is 12.4 Å². The topological polar surface area (TPSA) is 30.7 Å². The Kier molecular flexibility index (Phi) is 6.92. The zero-order valence-corrected chi connectivity index (χ0v) is 25.9. The van der Waals surface area contributed by atoms with Crippen LogP contribution in [-0.2, 0) is 6.42 Å². The Balaban J connectivity index is 1.53. The molecule has 0 unspecified atom stereocenters. The molecule has 44 heavy (non-hydrogen) atoms. The first-order chi connectivity index (χ1) is 21.9. The summed E-state index contributed by atoms with van der Waals surface area (Å²) in [6.45, 7) is 0. The number of rotatable bonds is 6. The fraction of sp³-hybridized carbons (Fsp3) is 0.150. The summed E-state index contributed by atoms with van der Waals surface area (Å²) in [4.78, 5) is 9.54. The lowest BCUT2D eigenvalue weighted by atomic mass is 9.97. The monoisotopic (exact) mass is 585 g/mol. The van der Waals surface area contributed by atoms with Crippen LogP contribution in [0.4, 0.5) is 0 Å². The zero-order chi connectivity index (χ0) is 29.3. The summed E-state index contributed by atoms with van der Waals surface area (Å²) in [5, 5.41) is 8.54. The van der Waals surface area contributed by atoms with Crippen LogP contribution in [0, 0.1) is 0 Å². The maximum absolute atomic E-state index is 4.77. The first kappa shape index (κ1) is 26.8. The number of fused-ring (bicyclic) bond motifs is 3. The van der Waals surface area contributed by atoms with Crippen molar-refractivity contribution in [3.8, 4) is 5.69 Å². The van der Waals surface area contributed by atoms with Crippen LogP contribution < -0.4 is 20.9 Å². The Morgan fingerprint density at radius 3 is 2.07 bits per heavy atom. The van der Waals surface area contributed by atoms with Crippen LogP contribution in [-0.4, -0.2) is 22.6 Å². The van der Waals surface area contributed by atoms with Gasteiger partial charge in [-0.15, -0.1) is 0 Å². The predicted molar refractivity (Wildman–Crippen MR) is 185 cm³/mol. The number of aromatic nitrogens is 3. The molecule has 5 aromatic rings. The Labute approximate surface area is 260 Å². The minimum Gasteiger partial charge on any atom is -0.310 e. The van der Waals surface area contributed by atoms with E-state index in [0.29, 0.717) is 0 Å². The van der Waals surface area contributed by atoms with E-state index in [-0.39, 0.29) is 0 Å². The SMILES string of the molecule is C1=Cc2c(c3c(n2-c2ccccc2)=CCCC=3[Si](C2=CCCC(c3ccccc3)=C2)(c2cccnc2)c2cccnc2)CC1. The third-order valence-corrected chi connectivity index (χ3v) is 14.5. The Morgan fingerprint density at radius 2 is 1.36 bits per heavy atom. The summed E-state index contributed by atoms with van der Waals surface area (Å²) < 4.78 is 2.52. The second kappa shape index (κ2) is 11.4. The third-order valence-electron chi connectivity index (χ3n) is 9.56. The number of benzene rings is 2. The lowest BCUT2D eigenvalue weighted by molar-refractivity contribution is 0.949. The average Bonchev–Trinajstić information content (AvgIpc) is 3.45. The van der Waals surface area contributed by atoms with Crippen molar-refractivity contribution >= 4 is 41.4 Å². The lowest BCUT2D eigenvalue weighted by Crippen LogP contribution is -2.64. The van der Waals surface area contributed by atoms with E-state index in [9.17, 15) is 0 Å². The van der Waals surface area contributed by atoms with Crippen LogP contribution >= 0.6 is 0 Å². The zero-order valence-electron chi connectivity index (χ0n) is 24.9. The molecule has 3 aliphatic carbocycles. The van der Waals surface area contributed by atoms with Crippen molar-refractivity contribution in [3.05, 3.63) is 161 Å². The standard InChI is InChI=1S/C40H35N3Si/c1-3-13-30(14-4-1)31-15-9-18-33(27-31)44(34-19-11-25-41-28-34,35-20-12-26-42-29-35)39-24-10-23-38-40(39)36-21-7-8-22-37(36)43(38)32-16-5-2-6-17-32/h1-6,8,11-14,16-20,22-23,25-29H,7,9-10,15,21,24H2. The molecule has 4 heteroatoms. The Bertz CT molecular complexity index is 2000. The highest BCUT2D eigenvalue weighted by Gasteiger charge is 2.46. The first-order valence-electron chi connectivity index (χ1n) is 15.8. The molecule has 214 valence electrons. The number of allylic oxidation sites excluding steroid dienone is 5. The van der Waals surface area contributed by atoms with Crippen LogP contribution in [0.25, 0.3) is 28.6 Å². The van der Waals surface area contributed by atoms with Gasteiger partial charge in [-0.3, -0.25) is 9.97 Å². The van der Waals surface area contributed by atoms with Gasteiger partial charge in [0.25, 0.3) is 0 Å². The molecule has 3 nitrogen and oxygen atoms in total. The van der Waals surface area contributed by atoms with Crippen molar-refractivity contribution in [2.24, 2.45) is 0 Å². The van der Waals surface area contributed by atoms with Crippen LogP contribution in [0.5, 0.6) is 0 Å². The van der Waals surface area contributed by atoms with E-state index in [0.717, 1.165) is 38.5 Å². The summed E-state index contributed by atoms with van der Waals surface area (Å²) in [5.41, 5.74) is 6.79. The normalized spacial score (nSPS) is 16.0. The van der Waals surface area contributed by atoms with Crippen molar-refractivity contribution in [2.45, 2.75) is 38.5 Å². The van der Waals surface area contributed by atoms with Gasteiger partial charge < -0.3 is 4.57 Å². The van der Waals surface area contributed by atoms with E-state index < -0.39 is 8.07 Å². The minimum absolute atomic E-state index is 1.01. The summed E-state index contributed by atoms with van der Waals surface area (Å²) in [5.74, 6) is 0. The molecule has 0 amide bonds. The average molecular weight is 586 g/mol. The summed E-state index contributed by atoms with van der Waals surface area (Å²) in [6, 6.07) is 30.8. The molecule has 0 atom stereocenters. The van der Waals surface area contributed by atoms with Gasteiger partial charge in [0, 0.05) is 41.5 Å². The molecule has 2 aromatic carbocycles. The van der Waals surface area contributed by atoms with E-state index in [4.69, 9.17) is 9.97 Å². The number of para-hydroxylation sites is 1. The summed E-state index contributed by atoms with van der Waals surface area (Å²) in [6.07, 6.45) is 26.7. The molecular weight excluding hydrogens is 551 g/mol. The largest absolute Gasteiger partial charge is 0.310 e. The molecule has 0 radical (unpaired) electrons. The molecule has 0 N–H and O–H groups in total. The van der Waals surface area contributed by atoms with Crippen molar-refractivity contribution < 1.29 is 0 Å². The van der Waals surface area contributed by atoms with Gasteiger partial charge in [0.1, 0.15) is 0 Å². The van der Waals surface area contributed by atoms with Gasteiger partial charge in [0.05, 0.1) is 0 Å². The van der Waals surface area contributed by atoms with Crippen LogP contribution in [0.15, 0.2) is 133 Å². The molecule has 0 aliphatic heterocycles. The molecule has 3 heterocycles. The fourth-order valence-corrected chi connectivity index (χ4v) is 13.1. The van der Waals surface area contributed by atoms with Gasteiger partial charge in [-0.1, -0.05) is 90.2 Å². The molecule has 0 saturated carbocycles. The lowest BCUT2D eigenvalue weighted by Gasteiger charge is -2.38. The van der Waals surface area contributed by atoms with E-state index in [1.54, 1.807) is 5.20 Å². The van der Waals surface area contributed by atoms with Gasteiger partial charge in [0.15, 0.2) is 8.07 Å². The maximum Gasteiger partial charge on any atom is 0.179 e. The van der Waals surface area contributed by atoms with Crippen molar-refractivity contribution in [1.29, 1.82) is 0 Å². The van der Waals surface area contributed by atoms with E-state index in [2.05, 4.69) is 132 Å². The minimum atomic E-state index is -2.80. The molecule has 0 saturated heterocycles. The number of nitrogens with zero attached hydrogens (tertiary/aromatic N) is 3. The quantitative estimate of drug-likeness (QED) is 0.226. The predicted octanol–water partition coefficient (Wildman–Crippen LogP) is 6.10. The summed E-state index contributed by atoms with van der Waals surface area (Å²) in [7, 11) is -2.80. The van der Waals surface area contributed by atoms with Gasteiger partial charge in [0.2, 0.25) is 0 Å². The number of hydrogen-bond donors (Lipinski definition) is 0. The second-order valence-corrected chi connectivity index (χ2v) is 15.8. The van der Waals surface area contributed by atoms with Crippen LogP contribution in [0.1, 0.15) is 48.9 Å². The molecule has 8 rings (SSSR count). The van der Waals surface area contributed by atoms with Gasteiger partial charge >= 0.3 is 0 Å². The number of hydrogen-bond acceptors (Lipinski definition) is 2. The molecule has 0 spiro atoms. The smallest absolute Gasteiger partial charge is 0.179 e. The van der Waals surface area contributed by atoms with Crippen LogP contribution in [0.3, 0.4) is 0 Å². The highest BCUT2D eigenvalue weighted by molar-refractivity contribution is 7.19. The van der Waals surface area contributed by atoms with Crippen molar-refractivity contribution in [3.63, 3.8) is 0 Å². The fourth-order valence-electron chi connectivity index (χ4n) is 7.78. The van der Waals surface area contributed by atoms with Crippen molar-refractivity contribution in [2.75, 3.05) is 0 Å².